The number of nitrogens with one attached hydrogen (secondary N) is 1. The Kier molecular flexibility index (Phi) is 4.35. The summed E-state index contributed by atoms with van der Waals surface area (Å²) in [6.45, 7) is 0.601. The van der Waals surface area contributed by atoms with Crippen molar-refractivity contribution in [2.75, 3.05) is 17.3 Å². The van der Waals surface area contributed by atoms with Crippen molar-refractivity contribution in [1.29, 1.82) is 0 Å². The summed E-state index contributed by atoms with van der Waals surface area (Å²) < 4.78 is 23.9. The first-order chi connectivity index (χ1) is 9.38. The summed E-state index contributed by atoms with van der Waals surface area (Å²) in [7, 11) is -3.23. The van der Waals surface area contributed by atoms with E-state index in [1.165, 1.54) is 6.07 Å². The zero-order chi connectivity index (χ0) is 14.8. The molecule has 6 heteroatoms. The Balaban J connectivity index is 2.17. The zero-order valence-electron chi connectivity index (χ0n) is 10.9. The van der Waals surface area contributed by atoms with E-state index in [-0.39, 0.29) is 4.90 Å². The van der Waals surface area contributed by atoms with Crippen LogP contribution in [0.5, 0.6) is 0 Å². The van der Waals surface area contributed by atoms with Crippen molar-refractivity contribution in [2.24, 2.45) is 0 Å². The molecule has 3 N–H and O–H groups in total. The Morgan fingerprint density at radius 3 is 2.50 bits per heavy atom. The van der Waals surface area contributed by atoms with Gasteiger partial charge in [0, 0.05) is 17.3 Å². The molecule has 0 fully saturated rings. The third-order valence-electron chi connectivity index (χ3n) is 2.88. The molecule has 0 spiro atoms. The Hall–Kier alpha value is -1.53. The van der Waals surface area contributed by atoms with Crippen LogP contribution in [0.3, 0.4) is 0 Å². The summed E-state index contributed by atoms with van der Waals surface area (Å²) >= 11 is 3.48. The van der Waals surface area contributed by atoms with Gasteiger partial charge in [-0.3, -0.25) is 0 Å². The van der Waals surface area contributed by atoms with Gasteiger partial charge in [-0.05, 0) is 29.8 Å². The zero-order valence-corrected chi connectivity index (χ0v) is 13.3. The fourth-order valence-corrected chi connectivity index (χ4v) is 2.85. The molecule has 2 rings (SSSR count). The van der Waals surface area contributed by atoms with Gasteiger partial charge in [0.15, 0.2) is 9.84 Å². The van der Waals surface area contributed by atoms with Crippen LogP contribution < -0.4 is 11.1 Å². The minimum absolute atomic E-state index is 0.224. The van der Waals surface area contributed by atoms with Crippen LogP contribution in [0, 0.1) is 0 Å². The molecule has 0 bridgehead atoms. The summed E-state index contributed by atoms with van der Waals surface area (Å²) in [5.41, 5.74) is 8.11. The topological polar surface area (TPSA) is 72.2 Å². The fourth-order valence-electron chi connectivity index (χ4n) is 1.76. The van der Waals surface area contributed by atoms with Crippen LogP contribution >= 0.6 is 15.9 Å². The van der Waals surface area contributed by atoms with E-state index < -0.39 is 9.84 Å². The lowest BCUT2D eigenvalue weighted by molar-refractivity contribution is 0.602. The monoisotopic (exact) mass is 354 g/mol. The maximum absolute atomic E-state index is 11.4. The second kappa shape index (κ2) is 5.85. The van der Waals surface area contributed by atoms with Gasteiger partial charge in [-0.15, -0.1) is 0 Å². The van der Waals surface area contributed by atoms with Crippen molar-refractivity contribution in [3.63, 3.8) is 0 Å². The van der Waals surface area contributed by atoms with E-state index in [0.717, 1.165) is 16.3 Å². The smallest absolute Gasteiger partial charge is 0.175 e. The molecule has 2 aromatic carbocycles. The second-order valence-electron chi connectivity index (χ2n) is 4.47. The molecule has 0 aliphatic carbocycles. The van der Waals surface area contributed by atoms with Crippen LogP contribution in [-0.4, -0.2) is 14.7 Å². The van der Waals surface area contributed by atoms with Crippen molar-refractivity contribution in [1.82, 2.24) is 0 Å². The molecule has 2 aromatic rings. The summed E-state index contributed by atoms with van der Waals surface area (Å²) in [4.78, 5) is 0.224. The lowest BCUT2D eigenvalue weighted by Gasteiger charge is -2.11. The van der Waals surface area contributed by atoms with E-state index in [0.29, 0.717) is 17.9 Å². The molecule has 0 aliphatic heterocycles. The Bertz CT molecular complexity index is 730. The summed E-state index contributed by atoms with van der Waals surface area (Å²) in [6, 6.07) is 12.6. The number of rotatable bonds is 4. The molecule has 0 saturated heterocycles. The highest BCUT2D eigenvalue weighted by Crippen LogP contribution is 2.24. The molecule has 0 radical (unpaired) electrons. The van der Waals surface area contributed by atoms with Gasteiger partial charge in [0.05, 0.1) is 16.3 Å². The fraction of sp³-hybridized carbons (Fsp3) is 0.143. The van der Waals surface area contributed by atoms with Crippen LogP contribution in [0.4, 0.5) is 11.4 Å². The lowest BCUT2D eigenvalue weighted by Crippen LogP contribution is -2.05. The highest BCUT2D eigenvalue weighted by atomic mass is 79.9. The maximum atomic E-state index is 11.4. The Morgan fingerprint density at radius 2 is 1.90 bits per heavy atom. The maximum Gasteiger partial charge on any atom is 0.175 e. The van der Waals surface area contributed by atoms with E-state index in [4.69, 9.17) is 5.73 Å². The summed E-state index contributed by atoms with van der Waals surface area (Å²) in [5.74, 6) is 0. The summed E-state index contributed by atoms with van der Waals surface area (Å²) in [6.07, 6.45) is 1.16. The number of nitrogens with two attached hydrogens (primary N) is 1. The van der Waals surface area contributed by atoms with E-state index >= 15 is 0 Å². The van der Waals surface area contributed by atoms with E-state index in [2.05, 4.69) is 21.2 Å². The minimum Gasteiger partial charge on any atom is -0.397 e. The van der Waals surface area contributed by atoms with Crippen LogP contribution in [0.2, 0.25) is 0 Å². The van der Waals surface area contributed by atoms with Gasteiger partial charge in [-0.1, -0.05) is 34.1 Å². The van der Waals surface area contributed by atoms with Gasteiger partial charge in [0.1, 0.15) is 0 Å². The average molecular weight is 355 g/mol. The highest BCUT2D eigenvalue weighted by molar-refractivity contribution is 9.10. The summed E-state index contributed by atoms with van der Waals surface area (Å²) in [5, 5.41) is 3.20. The molecule has 0 amide bonds. The Labute approximate surface area is 127 Å². The molecular weight excluding hydrogens is 340 g/mol. The molecule has 4 nitrogen and oxygen atoms in total. The molecule has 0 saturated carbocycles. The lowest BCUT2D eigenvalue weighted by atomic mass is 10.2. The van der Waals surface area contributed by atoms with E-state index in [1.54, 1.807) is 12.1 Å². The van der Waals surface area contributed by atoms with Crippen LogP contribution in [0.15, 0.2) is 51.8 Å². The molecule has 0 unspecified atom stereocenters. The van der Waals surface area contributed by atoms with Gasteiger partial charge >= 0.3 is 0 Å². The molecule has 0 heterocycles. The molecule has 0 aliphatic rings. The number of halogens is 1. The number of anilines is 2. The largest absolute Gasteiger partial charge is 0.397 e. The third kappa shape index (κ3) is 3.52. The number of hydrogen-bond acceptors (Lipinski definition) is 4. The number of benzene rings is 2. The normalized spacial score (nSPS) is 11.3. The first-order valence-corrected chi connectivity index (χ1v) is 8.63. The van der Waals surface area contributed by atoms with Crippen molar-refractivity contribution in [3.05, 3.63) is 52.5 Å². The van der Waals surface area contributed by atoms with Gasteiger partial charge in [0.2, 0.25) is 0 Å². The predicted molar refractivity (Wildman–Crippen MR) is 85.4 cm³/mol. The second-order valence-corrected chi connectivity index (χ2v) is 7.34. The van der Waals surface area contributed by atoms with Crippen molar-refractivity contribution < 1.29 is 8.42 Å². The predicted octanol–water partition coefficient (Wildman–Crippen LogP) is 3.05. The van der Waals surface area contributed by atoms with Gasteiger partial charge in [-0.2, -0.15) is 0 Å². The minimum atomic E-state index is -3.23. The van der Waals surface area contributed by atoms with Gasteiger partial charge < -0.3 is 11.1 Å². The number of sulfone groups is 1. The van der Waals surface area contributed by atoms with Crippen LogP contribution in [0.1, 0.15) is 5.56 Å². The third-order valence-corrected chi connectivity index (χ3v) is 4.76. The van der Waals surface area contributed by atoms with Gasteiger partial charge in [-0.25, -0.2) is 8.42 Å². The molecule has 20 heavy (non-hydrogen) atoms. The average Bonchev–Trinajstić information content (AvgIpc) is 2.38. The first kappa shape index (κ1) is 14.9. The quantitative estimate of drug-likeness (QED) is 0.827. The SMILES string of the molecule is CS(=O)(=O)c1ccc(NCc2ccccc2Br)c(N)c1. The Morgan fingerprint density at radius 1 is 1.20 bits per heavy atom. The molecular formula is C14H15BrN2O2S. The molecule has 106 valence electrons. The first-order valence-electron chi connectivity index (χ1n) is 5.95. The van der Waals surface area contributed by atoms with E-state index in [9.17, 15) is 8.42 Å². The van der Waals surface area contributed by atoms with Crippen molar-refractivity contribution in [2.45, 2.75) is 11.4 Å². The molecule has 0 atom stereocenters. The molecule has 0 aromatic heterocycles. The van der Waals surface area contributed by atoms with Gasteiger partial charge in [0.25, 0.3) is 0 Å². The highest BCUT2D eigenvalue weighted by Gasteiger charge is 2.09. The number of nitrogen functional groups attached to an aromatic ring is 1. The van der Waals surface area contributed by atoms with Crippen LogP contribution in [0.25, 0.3) is 0 Å². The van der Waals surface area contributed by atoms with Crippen LogP contribution in [-0.2, 0) is 16.4 Å². The number of hydrogen-bond donors (Lipinski definition) is 2. The van der Waals surface area contributed by atoms with E-state index in [1.807, 2.05) is 24.3 Å². The standard InChI is InChI=1S/C14H15BrN2O2S/c1-20(18,19)11-6-7-14(13(16)8-11)17-9-10-4-2-3-5-12(10)15/h2-8,17H,9,16H2,1H3. The van der Waals surface area contributed by atoms with Crippen molar-refractivity contribution >= 4 is 37.1 Å². The van der Waals surface area contributed by atoms with Crippen molar-refractivity contribution in [3.8, 4) is 0 Å².